The Labute approximate surface area is 243 Å². The van der Waals surface area contributed by atoms with E-state index in [-0.39, 0.29) is 29.6 Å². The number of carbonyl (C=O) groups excluding carboxylic acids is 2. The number of fused-ring (bicyclic) bond motifs is 1. The number of likely N-dealkylation sites (tertiary alicyclic amines) is 1. The molecule has 2 atom stereocenters. The third kappa shape index (κ3) is 5.28. The van der Waals surface area contributed by atoms with Crippen molar-refractivity contribution in [2.75, 3.05) is 37.9 Å². The van der Waals surface area contributed by atoms with E-state index in [1.807, 2.05) is 36.4 Å². The first-order valence-electron chi connectivity index (χ1n) is 14.5. The number of hydrogen-bond donors (Lipinski definition) is 2. The fourth-order valence-electron chi connectivity index (χ4n) is 6.17. The fourth-order valence-corrected chi connectivity index (χ4v) is 6.17. The van der Waals surface area contributed by atoms with E-state index in [1.54, 1.807) is 29.2 Å². The van der Waals surface area contributed by atoms with Gasteiger partial charge < -0.3 is 34.1 Å². The van der Waals surface area contributed by atoms with Crippen molar-refractivity contribution >= 4 is 28.5 Å². The maximum atomic E-state index is 13.8. The molecule has 2 fully saturated rings. The molecule has 6 rings (SSSR count). The number of aliphatic hydroxyl groups excluding tert-OH is 1. The molecule has 3 aliphatic heterocycles. The second-order valence-electron chi connectivity index (χ2n) is 11.0. The highest BCUT2D eigenvalue weighted by atomic mass is 16.7. The zero-order valence-electron chi connectivity index (χ0n) is 23.4. The van der Waals surface area contributed by atoms with Gasteiger partial charge in [-0.25, -0.2) is 0 Å². The Morgan fingerprint density at radius 2 is 1.81 bits per heavy atom. The van der Waals surface area contributed by atoms with Gasteiger partial charge in [0.05, 0.1) is 24.9 Å². The van der Waals surface area contributed by atoms with Gasteiger partial charge in [-0.15, -0.1) is 0 Å². The Morgan fingerprint density at radius 1 is 1.05 bits per heavy atom. The lowest BCUT2D eigenvalue weighted by molar-refractivity contribution is -0.154. The number of nitrogens with one attached hydrogen (secondary N) is 1. The molecule has 0 saturated carbocycles. The van der Waals surface area contributed by atoms with Crippen LogP contribution in [-0.2, 0) is 19.1 Å². The highest BCUT2D eigenvalue weighted by Gasteiger charge is 2.51. The number of nitrogens with zero attached hydrogens (tertiary/aromatic N) is 2. The van der Waals surface area contributed by atoms with E-state index in [1.165, 1.54) is 6.26 Å². The van der Waals surface area contributed by atoms with Gasteiger partial charge in [0, 0.05) is 43.3 Å². The highest BCUT2D eigenvalue weighted by molar-refractivity contribution is 5.95. The molecule has 2 amide bonds. The average molecular weight is 574 g/mol. The number of amides is 2. The number of carbonyl (C=O) groups is 2. The molecule has 2 N–H and O–H groups in total. The standard InChI is InChI=1S/C32H35N3O7/c36-16-6-7-17-40-28-19-22(25-20-41-26-11-5-4-10-24(26)29(25)37)18-27(42-28)30(38)34-14-12-32(13-15-34)31(39)33-21-35(32)23-8-2-1-3-9-23/h1-5,8-11,18,20,22,28,36H,6-7,12-17,19,21H2,(H,33,39). The second kappa shape index (κ2) is 12.0. The van der Waals surface area contributed by atoms with E-state index in [4.69, 9.17) is 19.0 Å². The predicted molar refractivity (Wildman–Crippen MR) is 156 cm³/mol. The van der Waals surface area contributed by atoms with Crippen molar-refractivity contribution in [3.8, 4) is 0 Å². The normalized spacial score (nSPS) is 21.7. The van der Waals surface area contributed by atoms with Gasteiger partial charge in [-0.05, 0) is 56.0 Å². The number of ether oxygens (including phenoxy) is 2. The van der Waals surface area contributed by atoms with Gasteiger partial charge in [-0.3, -0.25) is 14.4 Å². The van der Waals surface area contributed by atoms with Crippen LogP contribution in [0.5, 0.6) is 0 Å². The quantitative estimate of drug-likeness (QED) is 0.394. The first kappa shape index (κ1) is 28.0. The minimum absolute atomic E-state index is 0.0222. The molecule has 4 heterocycles. The topological polar surface area (TPSA) is 122 Å². The van der Waals surface area contributed by atoms with Crippen molar-refractivity contribution < 1.29 is 28.6 Å². The SMILES string of the molecule is O=C(C1=CC(c2coc3ccccc3c2=O)CC(OCCCCO)O1)N1CCC2(CC1)C(=O)NCN2c1ccccc1. The molecule has 0 bridgehead atoms. The Kier molecular flexibility index (Phi) is 7.99. The molecule has 10 nitrogen and oxygen atoms in total. The highest BCUT2D eigenvalue weighted by Crippen LogP contribution is 2.37. The molecular weight excluding hydrogens is 538 g/mol. The maximum Gasteiger partial charge on any atom is 0.288 e. The molecule has 220 valence electrons. The lowest BCUT2D eigenvalue weighted by atomic mass is 9.85. The molecule has 10 heteroatoms. The monoisotopic (exact) mass is 573 g/mol. The zero-order valence-corrected chi connectivity index (χ0v) is 23.4. The smallest absolute Gasteiger partial charge is 0.288 e. The number of rotatable bonds is 8. The van der Waals surface area contributed by atoms with Crippen molar-refractivity contribution in [3.05, 3.63) is 88.5 Å². The predicted octanol–water partition coefficient (Wildman–Crippen LogP) is 3.25. The number of para-hydroxylation sites is 2. The van der Waals surface area contributed by atoms with Crippen molar-refractivity contribution in [2.24, 2.45) is 0 Å². The van der Waals surface area contributed by atoms with Crippen molar-refractivity contribution in [1.82, 2.24) is 10.2 Å². The largest absolute Gasteiger partial charge is 0.464 e. The van der Waals surface area contributed by atoms with Gasteiger partial charge >= 0.3 is 0 Å². The second-order valence-corrected chi connectivity index (χ2v) is 11.0. The Morgan fingerprint density at radius 3 is 2.60 bits per heavy atom. The molecule has 3 aliphatic rings. The van der Waals surface area contributed by atoms with Gasteiger partial charge in [0.1, 0.15) is 11.1 Å². The summed E-state index contributed by atoms with van der Waals surface area (Å²) in [4.78, 5) is 44.1. The number of allylic oxidation sites excluding steroid dienone is 1. The van der Waals surface area contributed by atoms with Crippen molar-refractivity contribution in [3.63, 3.8) is 0 Å². The first-order chi connectivity index (χ1) is 20.5. The minimum atomic E-state index is -0.742. The zero-order chi connectivity index (χ0) is 29.1. The van der Waals surface area contributed by atoms with Crippen LogP contribution in [0.4, 0.5) is 5.69 Å². The summed E-state index contributed by atoms with van der Waals surface area (Å²) in [5.74, 6) is -0.649. The summed E-state index contributed by atoms with van der Waals surface area (Å²) in [6.45, 7) is 1.59. The van der Waals surface area contributed by atoms with Crippen LogP contribution in [-0.4, -0.2) is 66.6 Å². The van der Waals surface area contributed by atoms with Gasteiger partial charge in [0.25, 0.3) is 5.91 Å². The maximum absolute atomic E-state index is 13.8. The van der Waals surface area contributed by atoms with Crippen LogP contribution in [0.2, 0.25) is 0 Å². The van der Waals surface area contributed by atoms with Crippen LogP contribution in [0.1, 0.15) is 43.6 Å². The third-order valence-electron chi connectivity index (χ3n) is 8.51. The van der Waals surface area contributed by atoms with E-state index in [0.717, 1.165) is 5.69 Å². The van der Waals surface area contributed by atoms with E-state index in [9.17, 15) is 14.4 Å². The van der Waals surface area contributed by atoms with E-state index in [2.05, 4.69) is 10.2 Å². The van der Waals surface area contributed by atoms with Crippen LogP contribution in [0.25, 0.3) is 11.0 Å². The average Bonchev–Trinajstić information content (AvgIpc) is 3.34. The molecular formula is C32H35N3O7. The number of benzene rings is 2. The van der Waals surface area contributed by atoms with Crippen molar-refractivity contribution in [1.29, 1.82) is 0 Å². The Hall–Kier alpha value is -4.15. The molecule has 42 heavy (non-hydrogen) atoms. The lowest BCUT2D eigenvalue weighted by Gasteiger charge is -2.43. The van der Waals surface area contributed by atoms with Crippen LogP contribution in [0.3, 0.4) is 0 Å². The summed E-state index contributed by atoms with van der Waals surface area (Å²) >= 11 is 0. The van der Waals surface area contributed by atoms with Crippen LogP contribution in [0.15, 0.2) is 81.9 Å². The lowest BCUT2D eigenvalue weighted by Crippen LogP contribution is -2.57. The number of hydrogen-bond acceptors (Lipinski definition) is 8. The molecule has 3 aromatic rings. The Balaban J connectivity index is 1.23. The number of aliphatic hydroxyl groups is 1. The molecule has 0 aliphatic carbocycles. The van der Waals surface area contributed by atoms with E-state index in [0.29, 0.717) is 75.0 Å². The molecule has 2 aromatic carbocycles. The summed E-state index contributed by atoms with van der Waals surface area (Å²) in [6, 6.07) is 16.9. The van der Waals surface area contributed by atoms with Gasteiger partial charge in [-0.1, -0.05) is 30.3 Å². The number of piperidine rings is 1. The molecule has 1 aromatic heterocycles. The molecule has 0 radical (unpaired) electrons. The van der Waals surface area contributed by atoms with Crippen molar-refractivity contribution in [2.45, 2.75) is 49.9 Å². The Bertz CT molecular complexity index is 1530. The third-order valence-corrected chi connectivity index (χ3v) is 8.51. The first-order valence-corrected chi connectivity index (χ1v) is 14.5. The van der Waals surface area contributed by atoms with Gasteiger partial charge in [0.15, 0.2) is 11.2 Å². The summed E-state index contributed by atoms with van der Waals surface area (Å²) < 4.78 is 17.8. The minimum Gasteiger partial charge on any atom is -0.464 e. The van der Waals surface area contributed by atoms with Crippen LogP contribution < -0.4 is 15.6 Å². The molecule has 2 unspecified atom stereocenters. The van der Waals surface area contributed by atoms with E-state index >= 15 is 0 Å². The summed E-state index contributed by atoms with van der Waals surface area (Å²) in [5, 5.41) is 12.6. The van der Waals surface area contributed by atoms with Crippen LogP contribution >= 0.6 is 0 Å². The fraction of sp³-hybridized carbons (Fsp3) is 0.406. The summed E-state index contributed by atoms with van der Waals surface area (Å²) in [5.41, 5.74) is 1.03. The van der Waals surface area contributed by atoms with Gasteiger partial charge in [-0.2, -0.15) is 0 Å². The number of anilines is 1. The summed E-state index contributed by atoms with van der Waals surface area (Å²) in [6.07, 6.45) is 4.94. The molecule has 2 saturated heterocycles. The summed E-state index contributed by atoms with van der Waals surface area (Å²) in [7, 11) is 0. The number of unbranched alkanes of at least 4 members (excludes halogenated alkanes) is 1. The molecule has 1 spiro atoms. The van der Waals surface area contributed by atoms with Gasteiger partial charge in [0.2, 0.25) is 12.2 Å². The van der Waals surface area contributed by atoms with E-state index < -0.39 is 17.7 Å². The van der Waals surface area contributed by atoms with Crippen LogP contribution in [0, 0.1) is 0 Å².